The van der Waals surface area contributed by atoms with Crippen LogP contribution in [0.5, 0.6) is 5.75 Å². The van der Waals surface area contributed by atoms with Gasteiger partial charge in [0.05, 0.1) is 25.8 Å². The van der Waals surface area contributed by atoms with Crippen molar-refractivity contribution in [2.45, 2.75) is 13.0 Å². The number of hydrogen-bond donors (Lipinski definition) is 1. The highest BCUT2D eigenvalue weighted by Crippen LogP contribution is 2.38. The van der Waals surface area contributed by atoms with Crippen molar-refractivity contribution in [1.29, 1.82) is 0 Å². The first-order valence-corrected chi connectivity index (χ1v) is 8.51. The summed E-state index contributed by atoms with van der Waals surface area (Å²) in [5.74, 6) is -0.0142. The molecule has 0 aromatic heterocycles. The van der Waals surface area contributed by atoms with Crippen molar-refractivity contribution in [3.8, 4) is 5.75 Å². The summed E-state index contributed by atoms with van der Waals surface area (Å²) in [7, 11) is 1.61. The molecule has 0 saturated heterocycles. The van der Waals surface area contributed by atoms with Crippen molar-refractivity contribution in [3.05, 3.63) is 65.2 Å². The van der Waals surface area contributed by atoms with Gasteiger partial charge in [-0.2, -0.15) is 0 Å². The van der Waals surface area contributed by atoms with Crippen LogP contribution in [0.3, 0.4) is 0 Å². The zero-order valence-electron chi connectivity index (χ0n) is 13.7. The Labute approximate surface area is 154 Å². The van der Waals surface area contributed by atoms with Crippen LogP contribution in [0.25, 0.3) is 4.48 Å². The number of methoxy groups -OCH3 is 1. The Morgan fingerprint density at radius 2 is 1.88 bits per heavy atom. The van der Waals surface area contributed by atoms with Crippen LogP contribution in [0.4, 0.5) is 5.69 Å². The van der Waals surface area contributed by atoms with E-state index >= 15 is 0 Å². The maximum atomic E-state index is 12.8. The van der Waals surface area contributed by atoms with E-state index in [0.29, 0.717) is 11.0 Å². The van der Waals surface area contributed by atoms with Crippen LogP contribution in [0.1, 0.15) is 17.5 Å². The second kappa shape index (κ2) is 7.11. The molecular formula is C19H17BrN2O3. The molecule has 2 aromatic carbocycles. The number of primary amides is 1. The van der Waals surface area contributed by atoms with E-state index in [1.165, 1.54) is 0 Å². The summed E-state index contributed by atoms with van der Waals surface area (Å²) in [6.07, 6.45) is -0.0409. The van der Waals surface area contributed by atoms with Gasteiger partial charge in [-0.1, -0.05) is 30.3 Å². The lowest BCUT2D eigenvalue weighted by Gasteiger charge is -2.23. The molecule has 1 aliphatic rings. The summed E-state index contributed by atoms with van der Waals surface area (Å²) in [6.45, 7) is 0.395. The van der Waals surface area contributed by atoms with E-state index < -0.39 is 5.91 Å². The van der Waals surface area contributed by atoms with E-state index in [9.17, 15) is 9.59 Å². The number of rotatable bonds is 4. The van der Waals surface area contributed by atoms with Gasteiger partial charge in [-0.15, -0.1) is 0 Å². The number of amides is 2. The average molecular weight is 401 g/mol. The van der Waals surface area contributed by atoms with E-state index in [1.807, 2.05) is 48.5 Å². The monoisotopic (exact) mass is 400 g/mol. The molecule has 128 valence electrons. The first-order chi connectivity index (χ1) is 12.0. The zero-order chi connectivity index (χ0) is 18.0. The Morgan fingerprint density at radius 1 is 1.20 bits per heavy atom. The molecule has 25 heavy (non-hydrogen) atoms. The minimum absolute atomic E-state index is 0.0409. The fourth-order valence-electron chi connectivity index (χ4n) is 2.80. The molecule has 5 nitrogen and oxygen atoms in total. The number of carbonyl (C=O) groups is 2. The van der Waals surface area contributed by atoms with E-state index in [1.54, 1.807) is 12.0 Å². The highest BCUT2D eigenvalue weighted by molar-refractivity contribution is 9.15. The van der Waals surface area contributed by atoms with Crippen LogP contribution in [-0.2, 0) is 16.1 Å². The minimum atomic E-state index is -0.596. The summed E-state index contributed by atoms with van der Waals surface area (Å²) in [5, 5.41) is 0. The van der Waals surface area contributed by atoms with Crippen LogP contribution >= 0.6 is 15.9 Å². The van der Waals surface area contributed by atoms with Crippen molar-refractivity contribution < 1.29 is 14.3 Å². The summed E-state index contributed by atoms with van der Waals surface area (Å²) in [4.78, 5) is 26.2. The Morgan fingerprint density at radius 3 is 2.52 bits per heavy atom. The van der Waals surface area contributed by atoms with Crippen molar-refractivity contribution in [3.63, 3.8) is 0 Å². The number of halogens is 1. The molecule has 2 aromatic rings. The molecule has 1 heterocycles. The van der Waals surface area contributed by atoms with Gasteiger partial charge in [0.2, 0.25) is 11.8 Å². The van der Waals surface area contributed by atoms with Crippen LogP contribution in [0, 0.1) is 0 Å². The van der Waals surface area contributed by atoms with Gasteiger partial charge in [-0.25, -0.2) is 0 Å². The summed E-state index contributed by atoms with van der Waals surface area (Å²) in [6, 6.07) is 15.0. The smallest absolute Gasteiger partial charge is 0.246 e. The molecule has 0 spiro atoms. The first-order valence-electron chi connectivity index (χ1n) is 7.72. The Hall–Kier alpha value is -2.60. The lowest BCUT2D eigenvalue weighted by Crippen LogP contribution is -2.31. The number of nitrogens with zero attached hydrogens (tertiary/aromatic N) is 1. The summed E-state index contributed by atoms with van der Waals surface area (Å²) >= 11 is 3.45. The first kappa shape index (κ1) is 17.2. The Bertz CT molecular complexity index is 859. The molecule has 1 aliphatic heterocycles. The number of hydrogen-bond acceptors (Lipinski definition) is 3. The molecular weight excluding hydrogens is 384 g/mol. The zero-order valence-corrected chi connectivity index (χ0v) is 15.2. The molecule has 6 heteroatoms. The molecule has 0 aliphatic carbocycles. The molecule has 0 atom stereocenters. The van der Waals surface area contributed by atoms with E-state index in [0.717, 1.165) is 22.6 Å². The van der Waals surface area contributed by atoms with Gasteiger partial charge in [-0.05, 0) is 39.7 Å². The third kappa shape index (κ3) is 3.44. The van der Waals surface area contributed by atoms with Crippen LogP contribution in [0.15, 0.2) is 54.1 Å². The molecule has 2 N–H and O–H groups in total. The van der Waals surface area contributed by atoms with Gasteiger partial charge in [-0.3, -0.25) is 9.59 Å². The van der Waals surface area contributed by atoms with Crippen molar-refractivity contribution >= 4 is 37.9 Å². The molecule has 0 bridgehead atoms. The standard InChI is InChI=1S/C19H17BrN2O3/c1-25-13-8-6-12(7-9-13)11-22-16-5-3-2-4-14(16)18(20)15(19(21)24)10-17(22)23/h2-9H,10-11H2,1H3,(H2,21,24). The molecule has 3 rings (SSSR count). The van der Waals surface area contributed by atoms with E-state index in [-0.39, 0.29) is 17.9 Å². The normalized spacial score (nSPS) is 14.2. The van der Waals surface area contributed by atoms with Gasteiger partial charge in [0.1, 0.15) is 5.75 Å². The quantitative estimate of drug-likeness (QED) is 0.855. The lowest BCUT2D eigenvalue weighted by molar-refractivity contribution is -0.120. The number of ether oxygens (including phenoxy) is 1. The van der Waals surface area contributed by atoms with E-state index in [2.05, 4.69) is 15.9 Å². The lowest BCUT2D eigenvalue weighted by atomic mass is 10.1. The largest absolute Gasteiger partial charge is 0.497 e. The molecule has 2 amide bonds. The van der Waals surface area contributed by atoms with Gasteiger partial charge in [0, 0.05) is 15.6 Å². The molecule has 0 unspecified atom stereocenters. The average Bonchev–Trinajstić information content (AvgIpc) is 2.73. The Kier molecular flexibility index (Phi) is 4.90. The van der Waals surface area contributed by atoms with E-state index in [4.69, 9.17) is 10.5 Å². The molecule has 0 radical (unpaired) electrons. The SMILES string of the molecule is COc1ccc(CN2C(=O)CC(C(N)=O)=C(Br)c3ccccc32)cc1. The predicted octanol–water partition coefficient (Wildman–Crippen LogP) is 3.22. The van der Waals surface area contributed by atoms with Crippen LogP contribution < -0.4 is 15.4 Å². The second-order valence-corrected chi connectivity index (χ2v) is 6.47. The number of nitrogens with two attached hydrogens (primary N) is 1. The second-order valence-electron chi connectivity index (χ2n) is 5.68. The van der Waals surface area contributed by atoms with Crippen molar-refractivity contribution in [2.24, 2.45) is 5.73 Å². The third-order valence-corrected chi connectivity index (χ3v) is 5.03. The predicted molar refractivity (Wildman–Crippen MR) is 100 cm³/mol. The van der Waals surface area contributed by atoms with Gasteiger partial charge < -0.3 is 15.4 Å². The highest BCUT2D eigenvalue weighted by atomic mass is 79.9. The molecule has 0 saturated carbocycles. The minimum Gasteiger partial charge on any atom is -0.497 e. The van der Waals surface area contributed by atoms with Crippen molar-refractivity contribution in [1.82, 2.24) is 0 Å². The third-order valence-electron chi connectivity index (χ3n) is 4.12. The van der Waals surface area contributed by atoms with Crippen molar-refractivity contribution in [2.75, 3.05) is 12.0 Å². The number of benzene rings is 2. The van der Waals surface area contributed by atoms with Gasteiger partial charge in [0.25, 0.3) is 0 Å². The van der Waals surface area contributed by atoms with Crippen LogP contribution in [-0.4, -0.2) is 18.9 Å². The fourth-order valence-corrected chi connectivity index (χ4v) is 3.47. The Balaban J connectivity index is 2.02. The number of fused-ring (bicyclic) bond motifs is 1. The summed E-state index contributed by atoms with van der Waals surface area (Å²) in [5.41, 5.74) is 8.23. The maximum Gasteiger partial charge on any atom is 0.246 e. The maximum absolute atomic E-state index is 12.8. The highest BCUT2D eigenvalue weighted by Gasteiger charge is 2.28. The number of anilines is 1. The topological polar surface area (TPSA) is 72.6 Å². The van der Waals surface area contributed by atoms with Gasteiger partial charge >= 0.3 is 0 Å². The number of carbonyl (C=O) groups excluding carboxylic acids is 2. The summed E-state index contributed by atoms with van der Waals surface area (Å²) < 4.78 is 5.74. The fraction of sp³-hybridized carbons (Fsp3) is 0.158. The number of para-hydroxylation sites is 1. The van der Waals surface area contributed by atoms with Crippen LogP contribution in [0.2, 0.25) is 0 Å². The van der Waals surface area contributed by atoms with Gasteiger partial charge in [0.15, 0.2) is 0 Å². The molecule has 0 fully saturated rings.